The summed E-state index contributed by atoms with van der Waals surface area (Å²) in [6.07, 6.45) is 1.26. The van der Waals surface area contributed by atoms with Crippen molar-refractivity contribution in [1.82, 2.24) is 19.7 Å². The molecule has 202 valence electrons. The number of carbonyl (C=O) groups is 2. The molecule has 0 radical (unpaired) electrons. The van der Waals surface area contributed by atoms with Crippen LogP contribution in [0, 0.1) is 5.82 Å². The van der Waals surface area contributed by atoms with Crippen molar-refractivity contribution >= 4 is 29.2 Å². The summed E-state index contributed by atoms with van der Waals surface area (Å²) in [4.78, 5) is 38.8. The van der Waals surface area contributed by atoms with Crippen molar-refractivity contribution < 1.29 is 23.8 Å². The zero-order valence-corrected chi connectivity index (χ0v) is 22.4. The molecule has 2 amide bonds. The van der Waals surface area contributed by atoms with Gasteiger partial charge in [0.15, 0.2) is 5.75 Å². The first-order valence-corrected chi connectivity index (χ1v) is 13.0. The first-order chi connectivity index (χ1) is 18.1. The molecule has 4 heterocycles. The second-order valence-electron chi connectivity index (χ2n) is 10.2. The molecule has 0 bridgehead atoms. The molecule has 3 atom stereocenters. The summed E-state index contributed by atoms with van der Waals surface area (Å²) in [5, 5.41) is 10.5. The average Bonchev–Trinajstić information content (AvgIpc) is 3.01. The van der Waals surface area contributed by atoms with Gasteiger partial charge in [0.05, 0.1) is 11.6 Å². The number of phenolic OH excluding ortho intramolecular Hbond substituents is 1. The van der Waals surface area contributed by atoms with Crippen molar-refractivity contribution in [1.29, 1.82) is 0 Å². The summed E-state index contributed by atoms with van der Waals surface area (Å²) in [6.45, 7) is 10.1. The minimum absolute atomic E-state index is 0.00507. The number of rotatable bonds is 3. The molecule has 3 aliphatic heterocycles. The van der Waals surface area contributed by atoms with E-state index in [0.29, 0.717) is 18.9 Å². The normalized spacial score (nSPS) is 23.9. The molecule has 2 aromatic rings. The highest BCUT2D eigenvalue weighted by Crippen LogP contribution is 2.46. The molecule has 0 unspecified atom stereocenters. The van der Waals surface area contributed by atoms with E-state index in [1.54, 1.807) is 9.80 Å². The van der Waals surface area contributed by atoms with E-state index in [9.17, 15) is 14.7 Å². The maximum atomic E-state index is 15.0. The van der Waals surface area contributed by atoms with Gasteiger partial charge in [0.1, 0.15) is 40.3 Å². The van der Waals surface area contributed by atoms with Crippen LogP contribution in [0.3, 0.4) is 0 Å². The van der Waals surface area contributed by atoms with E-state index in [2.05, 4.69) is 16.4 Å². The second kappa shape index (κ2) is 10.1. The SMILES string of the molecule is C=CC(=O)N1CCN2C(=O)c3c(N4[C@H](C)CN(C)C[C@@H]4C)nc(-c4c(O)cccc4F)c(Cl)c3OC[C@H]2C1. The lowest BCUT2D eigenvalue weighted by Gasteiger charge is -2.45. The van der Waals surface area contributed by atoms with Crippen molar-refractivity contribution in [3.05, 3.63) is 47.3 Å². The fourth-order valence-corrected chi connectivity index (χ4v) is 6.17. The van der Waals surface area contributed by atoms with Crippen molar-refractivity contribution in [3.8, 4) is 22.8 Å². The fraction of sp³-hybridized carbons (Fsp3) is 0.444. The maximum Gasteiger partial charge on any atom is 0.261 e. The van der Waals surface area contributed by atoms with Crippen LogP contribution in [-0.4, -0.2) is 101 Å². The third kappa shape index (κ3) is 4.35. The Bertz CT molecular complexity index is 1270. The van der Waals surface area contributed by atoms with Crippen LogP contribution < -0.4 is 9.64 Å². The number of benzene rings is 1. The number of hydrogen-bond acceptors (Lipinski definition) is 7. The highest BCUT2D eigenvalue weighted by Gasteiger charge is 2.42. The van der Waals surface area contributed by atoms with E-state index in [4.69, 9.17) is 21.3 Å². The third-order valence-electron chi connectivity index (χ3n) is 7.51. The van der Waals surface area contributed by atoms with Crippen LogP contribution in [0.5, 0.6) is 11.5 Å². The van der Waals surface area contributed by atoms with Gasteiger partial charge in [-0.05, 0) is 39.1 Å². The number of phenols is 1. The molecule has 2 saturated heterocycles. The molecule has 1 aromatic carbocycles. The Kier molecular flexibility index (Phi) is 6.96. The molecule has 11 heteroatoms. The van der Waals surface area contributed by atoms with Crippen LogP contribution in [0.4, 0.5) is 10.2 Å². The zero-order chi connectivity index (χ0) is 27.3. The van der Waals surface area contributed by atoms with Gasteiger partial charge >= 0.3 is 0 Å². The van der Waals surface area contributed by atoms with Crippen molar-refractivity contribution in [2.75, 3.05) is 51.3 Å². The summed E-state index contributed by atoms with van der Waals surface area (Å²) in [6, 6.07) is 3.50. The van der Waals surface area contributed by atoms with Crippen LogP contribution in [0.1, 0.15) is 24.2 Å². The molecule has 3 aliphatic rings. The average molecular weight is 544 g/mol. The molecule has 0 aliphatic carbocycles. The van der Waals surface area contributed by atoms with Crippen LogP contribution >= 0.6 is 11.6 Å². The van der Waals surface area contributed by atoms with Gasteiger partial charge in [0.25, 0.3) is 5.91 Å². The molecule has 2 fully saturated rings. The highest BCUT2D eigenvalue weighted by atomic mass is 35.5. The Morgan fingerprint density at radius 2 is 1.92 bits per heavy atom. The van der Waals surface area contributed by atoms with E-state index < -0.39 is 11.9 Å². The number of anilines is 1. The Labute approximate surface area is 226 Å². The van der Waals surface area contributed by atoms with Crippen molar-refractivity contribution in [2.45, 2.75) is 32.0 Å². The Hall–Kier alpha value is -3.37. The molecular weight excluding hydrogens is 513 g/mol. The minimum Gasteiger partial charge on any atom is -0.507 e. The van der Waals surface area contributed by atoms with Gasteiger partial charge < -0.3 is 29.4 Å². The van der Waals surface area contributed by atoms with Gasteiger partial charge in [-0.15, -0.1) is 0 Å². The van der Waals surface area contributed by atoms with Gasteiger partial charge in [0, 0.05) is 44.8 Å². The van der Waals surface area contributed by atoms with E-state index in [-0.39, 0.29) is 70.4 Å². The Morgan fingerprint density at radius 3 is 2.58 bits per heavy atom. The third-order valence-corrected chi connectivity index (χ3v) is 7.86. The fourth-order valence-electron chi connectivity index (χ4n) is 5.88. The number of hydrogen-bond donors (Lipinski definition) is 1. The topological polar surface area (TPSA) is 89.5 Å². The Morgan fingerprint density at radius 1 is 1.21 bits per heavy atom. The van der Waals surface area contributed by atoms with Gasteiger partial charge in [0.2, 0.25) is 5.91 Å². The number of likely N-dealkylation sites (N-methyl/N-ethyl adjacent to an activating group) is 1. The lowest BCUT2D eigenvalue weighted by Crippen LogP contribution is -2.58. The van der Waals surface area contributed by atoms with Crippen molar-refractivity contribution in [2.24, 2.45) is 0 Å². The molecule has 5 rings (SSSR count). The highest BCUT2D eigenvalue weighted by molar-refractivity contribution is 6.35. The largest absolute Gasteiger partial charge is 0.507 e. The monoisotopic (exact) mass is 543 g/mol. The number of fused-ring (bicyclic) bond motifs is 2. The minimum atomic E-state index is -0.694. The summed E-state index contributed by atoms with van der Waals surface area (Å²) in [5.41, 5.74) is 0.0612. The molecule has 0 spiro atoms. The second-order valence-corrected chi connectivity index (χ2v) is 10.6. The molecular formula is C27H31ClFN5O4. The number of pyridine rings is 1. The summed E-state index contributed by atoms with van der Waals surface area (Å²) < 4.78 is 21.2. The molecule has 0 saturated carbocycles. The number of ether oxygens (including phenoxy) is 1. The van der Waals surface area contributed by atoms with Gasteiger partial charge in [-0.2, -0.15) is 0 Å². The smallest absolute Gasteiger partial charge is 0.261 e. The number of halogens is 2. The zero-order valence-electron chi connectivity index (χ0n) is 21.7. The number of nitrogens with zero attached hydrogens (tertiary/aromatic N) is 5. The van der Waals surface area contributed by atoms with Crippen molar-refractivity contribution in [3.63, 3.8) is 0 Å². The summed E-state index contributed by atoms with van der Waals surface area (Å²) >= 11 is 6.81. The lowest BCUT2D eigenvalue weighted by molar-refractivity contribution is -0.128. The Balaban J connectivity index is 1.69. The predicted octanol–water partition coefficient (Wildman–Crippen LogP) is 3.01. The number of aromatic nitrogens is 1. The van der Waals surface area contributed by atoms with Crippen LogP contribution in [0.25, 0.3) is 11.3 Å². The lowest BCUT2D eigenvalue weighted by atomic mass is 10.0. The van der Waals surface area contributed by atoms with E-state index >= 15 is 4.39 Å². The summed E-state index contributed by atoms with van der Waals surface area (Å²) in [5.74, 6) is -1.09. The maximum absolute atomic E-state index is 15.0. The number of carbonyl (C=O) groups excluding carboxylic acids is 2. The molecule has 1 N–H and O–H groups in total. The van der Waals surface area contributed by atoms with Crippen LogP contribution in [0.2, 0.25) is 5.02 Å². The predicted molar refractivity (Wildman–Crippen MR) is 142 cm³/mol. The van der Waals surface area contributed by atoms with E-state index in [1.165, 1.54) is 24.3 Å². The first kappa shape index (κ1) is 26.2. The standard InChI is InChI=1S/C27H31ClFN5O4/c1-5-20(36)32-9-10-33-17(13-32)14-38-25-22(27(33)37)26(34-15(2)11-31(4)12-16(34)3)30-24(23(25)28)21-18(29)7-6-8-19(21)35/h5-8,15-17,35H,1,9-14H2,2-4H3/t15-,16+,17-/m1/s1. The molecule has 9 nitrogen and oxygen atoms in total. The number of piperazine rings is 2. The van der Waals surface area contributed by atoms with E-state index in [0.717, 1.165) is 13.1 Å². The van der Waals surface area contributed by atoms with Gasteiger partial charge in [-0.25, -0.2) is 9.37 Å². The quantitative estimate of drug-likeness (QED) is 0.595. The van der Waals surface area contributed by atoms with Gasteiger partial charge in [-0.1, -0.05) is 24.2 Å². The van der Waals surface area contributed by atoms with Crippen LogP contribution in [0.15, 0.2) is 30.9 Å². The molecule has 38 heavy (non-hydrogen) atoms. The number of amides is 2. The van der Waals surface area contributed by atoms with E-state index in [1.807, 2.05) is 20.9 Å². The number of aromatic hydroxyl groups is 1. The van der Waals surface area contributed by atoms with Gasteiger partial charge in [-0.3, -0.25) is 9.59 Å². The van der Waals surface area contributed by atoms with Crippen LogP contribution in [-0.2, 0) is 4.79 Å². The first-order valence-electron chi connectivity index (χ1n) is 12.7. The molecule has 1 aromatic heterocycles. The summed E-state index contributed by atoms with van der Waals surface area (Å²) in [7, 11) is 2.03.